The lowest BCUT2D eigenvalue weighted by Gasteiger charge is -2.00. The molecule has 13 heavy (non-hydrogen) atoms. The van der Waals surface area contributed by atoms with E-state index in [4.69, 9.17) is 11.6 Å². The van der Waals surface area contributed by atoms with Crippen LogP contribution < -0.4 is 0 Å². The summed E-state index contributed by atoms with van der Waals surface area (Å²) in [6.07, 6.45) is 4.90. The number of rotatable bonds is 5. The van der Waals surface area contributed by atoms with Gasteiger partial charge in [-0.3, -0.25) is 0 Å². The number of aryl methyl sites for hydroxylation is 1. The fourth-order valence-corrected chi connectivity index (χ4v) is 1.62. The highest BCUT2D eigenvalue weighted by atomic mass is 35.5. The van der Waals surface area contributed by atoms with Gasteiger partial charge in [-0.2, -0.15) is 12.6 Å². The Kier molecular flexibility index (Phi) is 5.33. The van der Waals surface area contributed by atoms with Crippen LogP contribution in [-0.2, 0) is 6.42 Å². The van der Waals surface area contributed by atoms with E-state index in [0.717, 1.165) is 17.2 Å². The van der Waals surface area contributed by atoms with E-state index < -0.39 is 0 Å². The Bertz CT molecular complexity index is 230. The first-order valence-electron chi connectivity index (χ1n) is 4.68. The van der Waals surface area contributed by atoms with Gasteiger partial charge in [-0.25, -0.2) is 0 Å². The SMILES string of the molecule is SCCCCCc1ccc(Cl)cc1. The molecule has 0 amide bonds. The van der Waals surface area contributed by atoms with Crippen LogP contribution in [0.5, 0.6) is 0 Å². The van der Waals surface area contributed by atoms with Gasteiger partial charge in [0, 0.05) is 5.02 Å². The van der Waals surface area contributed by atoms with Crippen molar-refractivity contribution in [1.82, 2.24) is 0 Å². The van der Waals surface area contributed by atoms with E-state index >= 15 is 0 Å². The van der Waals surface area contributed by atoms with Gasteiger partial charge >= 0.3 is 0 Å². The third kappa shape index (κ3) is 4.58. The molecule has 0 atom stereocenters. The molecule has 0 unspecified atom stereocenters. The van der Waals surface area contributed by atoms with Crippen LogP contribution in [0.1, 0.15) is 24.8 Å². The van der Waals surface area contributed by atoms with Crippen LogP contribution in [0.15, 0.2) is 24.3 Å². The normalized spacial score (nSPS) is 10.3. The van der Waals surface area contributed by atoms with Crippen molar-refractivity contribution in [3.63, 3.8) is 0 Å². The Morgan fingerprint density at radius 3 is 2.31 bits per heavy atom. The topological polar surface area (TPSA) is 0 Å². The average Bonchev–Trinajstić information content (AvgIpc) is 2.15. The molecular weight excluding hydrogens is 200 g/mol. The van der Waals surface area contributed by atoms with Crippen LogP contribution in [0, 0.1) is 0 Å². The van der Waals surface area contributed by atoms with E-state index in [1.54, 1.807) is 0 Å². The van der Waals surface area contributed by atoms with Crippen molar-refractivity contribution in [3.05, 3.63) is 34.9 Å². The molecule has 0 saturated carbocycles. The molecule has 0 radical (unpaired) electrons. The maximum atomic E-state index is 5.79. The quantitative estimate of drug-likeness (QED) is 0.556. The smallest absolute Gasteiger partial charge is 0.0406 e. The Hall–Kier alpha value is -0.140. The van der Waals surface area contributed by atoms with Crippen LogP contribution in [0.4, 0.5) is 0 Å². The van der Waals surface area contributed by atoms with Gasteiger partial charge < -0.3 is 0 Å². The third-order valence-corrected chi connectivity index (χ3v) is 2.61. The molecule has 0 aliphatic carbocycles. The molecule has 0 N–H and O–H groups in total. The second kappa shape index (κ2) is 6.33. The summed E-state index contributed by atoms with van der Waals surface area (Å²) in [6, 6.07) is 8.11. The molecule has 1 rings (SSSR count). The lowest BCUT2D eigenvalue weighted by Crippen LogP contribution is -1.85. The molecular formula is C11H15ClS. The lowest BCUT2D eigenvalue weighted by atomic mass is 10.1. The maximum absolute atomic E-state index is 5.79. The number of thiol groups is 1. The lowest BCUT2D eigenvalue weighted by molar-refractivity contribution is 0.723. The minimum absolute atomic E-state index is 0.819. The highest BCUT2D eigenvalue weighted by Crippen LogP contribution is 2.12. The number of halogens is 1. The second-order valence-electron chi connectivity index (χ2n) is 3.16. The summed E-state index contributed by atoms with van der Waals surface area (Å²) in [5.41, 5.74) is 1.38. The monoisotopic (exact) mass is 214 g/mol. The van der Waals surface area contributed by atoms with Crippen molar-refractivity contribution in [2.75, 3.05) is 5.75 Å². The molecule has 0 bridgehead atoms. The van der Waals surface area contributed by atoms with E-state index in [1.807, 2.05) is 12.1 Å². The first-order chi connectivity index (χ1) is 6.33. The summed E-state index contributed by atoms with van der Waals surface area (Å²) in [6.45, 7) is 0. The van der Waals surface area contributed by atoms with Gasteiger partial charge in [0.2, 0.25) is 0 Å². The predicted molar refractivity (Wildman–Crippen MR) is 62.9 cm³/mol. The van der Waals surface area contributed by atoms with E-state index in [9.17, 15) is 0 Å². The van der Waals surface area contributed by atoms with Gasteiger partial charge in [0.05, 0.1) is 0 Å². The molecule has 1 aromatic carbocycles. The standard InChI is InChI=1S/C11H15ClS/c12-11-7-5-10(6-8-11)4-2-1-3-9-13/h5-8,13H,1-4,9H2. The summed E-state index contributed by atoms with van der Waals surface area (Å²) in [5.74, 6) is 1.00. The maximum Gasteiger partial charge on any atom is 0.0406 e. The molecule has 0 spiro atoms. The fraction of sp³-hybridized carbons (Fsp3) is 0.455. The Morgan fingerprint density at radius 1 is 1.00 bits per heavy atom. The van der Waals surface area contributed by atoms with Crippen LogP contribution in [0.3, 0.4) is 0 Å². The van der Waals surface area contributed by atoms with Crippen molar-refractivity contribution in [1.29, 1.82) is 0 Å². The molecule has 0 fully saturated rings. The summed E-state index contributed by atoms with van der Waals surface area (Å²) in [7, 11) is 0. The zero-order chi connectivity index (χ0) is 9.52. The number of benzene rings is 1. The summed E-state index contributed by atoms with van der Waals surface area (Å²) in [4.78, 5) is 0. The number of hydrogen-bond donors (Lipinski definition) is 1. The number of hydrogen-bond acceptors (Lipinski definition) is 1. The van der Waals surface area contributed by atoms with E-state index in [2.05, 4.69) is 24.8 Å². The van der Waals surface area contributed by atoms with Gasteiger partial charge in [-0.15, -0.1) is 0 Å². The molecule has 0 aromatic heterocycles. The molecule has 0 aliphatic heterocycles. The highest BCUT2D eigenvalue weighted by Gasteiger charge is 1.93. The van der Waals surface area contributed by atoms with Gasteiger partial charge in [0.1, 0.15) is 0 Å². The molecule has 0 saturated heterocycles. The van der Waals surface area contributed by atoms with E-state index in [1.165, 1.54) is 24.8 Å². The zero-order valence-corrected chi connectivity index (χ0v) is 9.32. The first kappa shape index (κ1) is 10.9. The molecule has 0 aliphatic rings. The average molecular weight is 215 g/mol. The predicted octanol–water partition coefficient (Wildman–Crippen LogP) is 3.98. The van der Waals surface area contributed by atoms with E-state index in [-0.39, 0.29) is 0 Å². The Labute approximate surface area is 90.7 Å². The van der Waals surface area contributed by atoms with Gasteiger partial charge in [0.15, 0.2) is 0 Å². The van der Waals surface area contributed by atoms with Crippen molar-refractivity contribution in [3.8, 4) is 0 Å². The van der Waals surface area contributed by atoms with Gasteiger partial charge in [0.25, 0.3) is 0 Å². The minimum atomic E-state index is 0.819. The van der Waals surface area contributed by atoms with Crippen LogP contribution >= 0.6 is 24.2 Å². The van der Waals surface area contributed by atoms with E-state index in [0.29, 0.717) is 0 Å². The molecule has 72 valence electrons. The third-order valence-electron chi connectivity index (χ3n) is 2.04. The number of unbranched alkanes of at least 4 members (excludes halogenated alkanes) is 2. The van der Waals surface area contributed by atoms with Crippen molar-refractivity contribution in [2.45, 2.75) is 25.7 Å². The highest BCUT2D eigenvalue weighted by molar-refractivity contribution is 7.80. The second-order valence-corrected chi connectivity index (χ2v) is 4.04. The van der Waals surface area contributed by atoms with Gasteiger partial charge in [-0.05, 0) is 42.7 Å². The fourth-order valence-electron chi connectivity index (χ4n) is 1.27. The van der Waals surface area contributed by atoms with Crippen molar-refractivity contribution in [2.24, 2.45) is 0 Å². The van der Waals surface area contributed by atoms with Crippen LogP contribution in [0.2, 0.25) is 5.02 Å². The minimum Gasteiger partial charge on any atom is -0.179 e. The summed E-state index contributed by atoms with van der Waals surface area (Å²) < 4.78 is 0. The van der Waals surface area contributed by atoms with Crippen LogP contribution in [-0.4, -0.2) is 5.75 Å². The first-order valence-corrected chi connectivity index (χ1v) is 5.69. The summed E-state index contributed by atoms with van der Waals surface area (Å²) in [5, 5.41) is 0.819. The van der Waals surface area contributed by atoms with Crippen LogP contribution in [0.25, 0.3) is 0 Å². The molecule has 1 aromatic rings. The van der Waals surface area contributed by atoms with Crippen molar-refractivity contribution < 1.29 is 0 Å². The van der Waals surface area contributed by atoms with Crippen molar-refractivity contribution >= 4 is 24.2 Å². The zero-order valence-electron chi connectivity index (χ0n) is 7.67. The van der Waals surface area contributed by atoms with Gasteiger partial charge in [-0.1, -0.05) is 30.2 Å². The Morgan fingerprint density at radius 2 is 1.69 bits per heavy atom. The molecule has 2 heteroatoms. The largest absolute Gasteiger partial charge is 0.179 e. The Balaban J connectivity index is 2.25. The summed E-state index contributed by atoms with van der Waals surface area (Å²) >= 11 is 9.96. The molecule has 0 nitrogen and oxygen atoms in total. The molecule has 0 heterocycles.